The molecule has 27 N–H and O–H groups in total. The fraction of sp³-hybridized carbons (Fsp3) is 0.627. The van der Waals surface area contributed by atoms with Gasteiger partial charge in [-0.15, -0.1) is 22.7 Å². The molecule has 566 valence electrons. The Morgan fingerprint density at radius 1 is 0.725 bits per heavy atom. The van der Waals surface area contributed by atoms with Gasteiger partial charge in [0.1, 0.15) is 94.6 Å². The highest BCUT2D eigenvalue weighted by molar-refractivity contribution is 7.14. The van der Waals surface area contributed by atoms with Gasteiger partial charge in [-0.2, -0.15) is 0 Å². The van der Waals surface area contributed by atoms with Crippen molar-refractivity contribution in [1.29, 1.82) is 0 Å². The fourth-order valence-corrected chi connectivity index (χ4v) is 12.0. The SMILES string of the molecule is CC(=O)NCCCCNCCCNC(=O)c1csc(-c2csc(CCNC(=O)[C@@H](NC(=O)[C@@H](C)[C@H](O)[C@@H](C)NC(=O)[C@@H](NC(=O)c3nc([C@H](CC(N)=O)NC[C@H](N)C(N)=O)nc(N)c3C)[C@@H](O[C@@H]3O[C@@H](CO)[C@@H](O)[C@H](O)[C@@H]3O[C@H]3O[C@H](CO)[C@@H](O)[C@H](OC(N)=O)[C@@H]3O)c3cnc[nH]3)[C@@H](C)O)n2)n1. The number of nitrogens with one attached hydrogen (secondary N) is 9. The van der Waals surface area contributed by atoms with Crippen molar-refractivity contribution in [2.75, 3.05) is 58.2 Å². The Balaban J connectivity index is 1.20. The molecule has 0 bridgehead atoms. The average molecular weight is 1480 g/mol. The molecule has 43 heteroatoms. The largest absolute Gasteiger partial charge is 0.441 e. The van der Waals surface area contributed by atoms with Crippen molar-refractivity contribution < 1.29 is 108 Å². The molecule has 0 spiro atoms. The lowest BCUT2D eigenvalue weighted by molar-refractivity contribution is -0.372. The third-order valence-electron chi connectivity index (χ3n) is 16.2. The highest BCUT2D eigenvalue weighted by Gasteiger charge is 2.54. The van der Waals surface area contributed by atoms with E-state index in [9.17, 15) is 79.2 Å². The zero-order chi connectivity index (χ0) is 75.2. The molecule has 41 nitrogen and oxygen atoms in total. The first-order valence-corrected chi connectivity index (χ1v) is 34.0. The number of nitrogens with zero attached hydrogens (tertiary/aromatic N) is 5. The Labute approximate surface area is 590 Å². The third kappa shape index (κ3) is 23.1. The Hall–Kier alpha value is -8.22. The first-order valence-electron chi connectivity index (χ1n) is 32.3. The van der Waals surface area contributed by atoms with Crippen LogP contribution in [0.2, 0.25) is 0 Å². The van der Waals surface area contributed by atoms with Gasteiger partial charge in [0.15, 0.2) is 18.7 Å². The lowest BCUT2D eigenvalue weighted by Crippen LogP contribution is -2.65. The topological polar surface area (TPSA) is 668 Å². The number of hydrogen-bond acceptors (Lipinski definition) is 33. The van der Waals surface area contributed by atoms with Crippen molar-refractivity contribution in [2.24, 2.45) is 28.9 Å². The van der Waals surface area contributed by atoms with E-state index in [0.717, 1.165) is 31.9 Å². The number of aromatic amines is 1. The lowest BCUT2D eigenvalue weighted by atomic mass is 9.96. The number of aromatic nitrogens is 6. The summed E-state index contributed by atoms with van der Waals surface area (Å²) in [5.41, 5.74) is 28.0. The summed E-state index contributed by atoms with van der Waals surface area (Å²) in [7, 11) is 0. The maximum absolute atomic E-state index is 15.2. The molecule has 0 saturated carbocycles. The number of carbonyl (C=O) groups is 9. The highest BCUT2D eigenvalue weighted by Crippen LogP contribution is 2.35. The van der Waals surface area contributed by atoms with Gasteiger partial charge in [-0.25, -0.2) is 29.7 Å². The fourth-order valence-electron chi connectivity index (χ4n) is 10.4. The van der Waals surface area contributed by atoms with Crippen LogP contribution in [0.15, 0.2) is 23.3 Å². The quantitative estimate of drug-likeness (QED) is 0.0184. The second kappa shape index (κ2) is 39.4. The summed E-state index contributed by atoms with van der Waals surface area (Å²) in [6.07, 6.45) is -22.8. The van der Waals surface area contributed by atoms with Crippen molar-refractivity contribution in [3.05, 3.63) is 56.8 Å². The van der Waals surface area contributed by atoms with E-state index in [4.69, 9.17) is 52.4 Å². The number of nitrogen functional groups attached to an aromatic ring is 1. The Morgan fingerprint density at radius 3 is 2.05 bits per heavy atom. The van der Waals surface area contributed by atoms with Crippen molar-refractivity contribution in [1.82, 2.24) is 72.4 Å². The molecule has 2 aliphatic rings. The standard InChI is InChI=1S/C59H91N19O22S2/c1-23-37(75-50(78-48(23)62)29(15-35(61)83)70-16-28(60)49(63)89)54(93)77-39(45(30-17-66-22-71-30)98-58-47(43(87)41(85)33(18-79)97-58)99-57-44(88)46(100-59(64)95)42(86)34(19-80)96-57)55(94)72-25(3)40(84)24(2)51(90)76-38(26(4)81)53(92)69-14-9-36-73-32(21-101-36)56-74-31(20-102-56)52(91)68-13-8-11-65-10-6-7-12-67-27(5)82/h17,20-22,24-26,28-29,33-34,38-47,57-58,65,70,79-81,84-88H,6-16,18-19,60H2,1-5H3,(H2,61,83)(H2,63,89)(H2,64,95)(H,66,71)(H,67,82)(H,68,91)(H,69,92)(H,72,94)(H,76,90)(H,77,93)(H2,62,75,78)/t24-,25+,26+,28-,29-,33-,34+,38-,39-,40-,41+,42+,43-,44-,45-,46-,47-,57+,58-/m0/s1. The summed E-state index contributed by atoms with van der Waals surface area (Å²) in [5, 5.41) is 114. The van der Waals surface area contributed by atoms with Gasteiger partial charge in [-0.05, 0) is 53.1 Å². The van der Waals surface area contributed by atoms with Crippen LogP contribution in [0, 0.1) is 12.8 Å². The number of rotatable bonds is 40. The molecular weight excluding hydrogens is 1390 g/mol. The predicted molar refractivity (Wildman–Crippen MR) is 355 cm³/mol. The van der Waals surface area contributed by atoms with Gasteiger partial charge >= 0.3 is 6.09 Å². The summed E-state index contributed by atoms with van der Waals surface area (Å²) in [4.78, 5) is 142. The van der Waals surface area contributed by atoms with Crippen molar-refractivity contribution in [3.63, 3.8) is 0 Å². The summed E-state index contributed by atoms with van der Waals surface area (Å²) < 4.78 is 28.8. The van der Waals surface area contributed by atoms with Crippen LogP contribution >= 0.6 is 22.7 Å². The number of aliphatic hydroxyl groups excluding tert-OH is 8. The van der Waals surface area contributed by atoms with Crippen LogP contribution in [-0.2, 0) is 58.9 Å². The van der Waals surface area contributed by atoms with Crippen LogP contribution in [0.5, 0.6) is 0 Å². The Kier molecular flexibility index (Phi) is 32.0. The van der Waals surface area contributed by atoms with Gasteiger partial charge in [0.05, 0.1) is 72.7 Å². The Bertz CT molecular complexity index is 3450. The van der Waals surface area contributed by atoms with Crippen LogP contribution in [-0.4, -0.2) is 274 Å². The van der Waals surface area contributed by atoms with Gasteiger partial charge in [0, 0.05) is 62.3 Å². The molecule has 2 saturated heterocycles. The van der Waals surface area contributed by atoms with Crippen LogP contribution in [0.4, 0.5) is 10.6 Å². The van der Waals surface area contributed by atoms with E-state index in [-0.39, 0.29) is 59.9 Å². The number of hydrogen-bond donors (Lipinski definition) is 22. The maximum Gasteiger partial charge on any atom is 0.404 e. The highest BCUT2D eigenvalue weighted by atomic mass is 32.1. The molecule has 0 aliphatic carbocycles. The Morgan fingerprint density at radius 2 is 1.40 bits per heavy atom. The monoisotopic (exact) mass is 1480 g/mol. The maximum atomic E-state index is 15.2. The van der Waals surface area contributed by atoms with Gasteiger partial charge in [0.25, 0.3) is 11.8 Å². The number of amides is 9. The smallest absolute Gasteiger partial charge is 0.404 e. The minimum Gasteiger partial charge on any atom is -0.441 e. The normalized spacial score (nSPS) is 23.2. The second-order valence-corrected chi connectivity index (χ2v) is 25.9. The van der Waals surface area contributed by atoms with E-state index in [1.807, 2.05) is 0 Å². The lowest BCUT2D eigenvalue weighted by Gasteiger charge is -2.47. The van der Waals surface area contributed by atoms with Gasteiger partial charge in [-0.1, -0.05) is 6.92 Å². The molecule has 4 aromatic rings. The van der Waals surface area contributed by atoms with E-state index in [1.165, 1.54) is 57.3 Å². The minimum atomic E-state index is -2.20. The number of primary amides is 3. The average Bonchev–Trinajstić information content (AvgIpc) is 1.69. The number of thiazole rings is 2. The molecule has 9 amide bonds. The molecule has 102 heavy (non-hydrogen) atoms. The van der Waals surface area contributed by atoms with E-state index >= 15 is 4.79 Å². The molecule has 2 aliphatic heterocycles. The zero-order valence-electron chi connectivity index (χ0n) is 56.2. The number of H-pyrrole nitrogens is 1. The molecule has 0 aromatic carbocycles. The van der Waals surface area contributed by atoms with Crippen molar-refractivity contribution >= 4 is 81.8 Å². The first-order chi connectivity index (χ1) is 48.3. The number of aliphatic hydroxyl groups is 8. The van der Waals surface area contributed by atoms with Crippen LogP contribution in [0.1, 0.15) is 109 Å². The van der Waals surface area contributed by atoms with Crippen molar-refractivity contribution in [3.8, 4) is 10.7 Å². The molecule has 0 radical (unpaired) electrons. The first kappa shape index (κ1) is 82.7. The van der Waals surface area contributed by atoms with Gasteiger partial charge in [-0.3, -0.25) is 38.4 Å². The summed E-state index contributed by atoms with van der Waals surface area (Å²) in [6.45, 7) is 6.56. The van der Waals surface area contributed by atoms with Crippen LogP contribution in [0.25, 0.3) is 10.7 Å². The molecule has 6 heterocycles. The number of ether oxygens (including phenoxy) is 5. The van der Waals surface area contributed by atoms with Crippen molar-refractivity contribution in [2.45, 2.75) is 177 Å². The summed E-state index contributed by atoms with van der Waals surface area (Å²) >= 11 is 2.48. The molecule has 4 aromatic heterocycles. The second-order valence-electron chi connectivity index (χ2n) is 24.1. The molecule has 2 fully saturated rings. The summed E-state index contributed by atoms with van der Waals surface area (Å²) in [6, 6.07) is -7.89. The third-order valence-corrected chi connectivity index (χ3v) is 18.0. The number of anilines is 1. The molecular formula is C59H91N19O22S2. The predicted octanol–water partition coefficient (Wildman–Crippen LogP) is -8.08. The zero-order valence-corrected chi connectivity index (χ0v) is 57.8. The van der Waals surface area contributed by atoms with Gasteiger partial charge < -0.3 is 141 Å². The number of nitrogens with two attached hydrogens (primary N) is 5. The number of unbranched alkanes of at least 4 members (excludes halogenated alkanes) is 1. The van der Waals surface area contributed by atoms with E-state index in [0.29, 0.717) is 41.8 Å². The number of carbonyl (C=O) groups excluding carboxylic acids is 9. The van der Waals surface area contributed by atoms with Gasteiger partial charge in [0.2, 0.25) is 35.4 Å². The van der Waals surface area contributed by atoms with Crippen LogP contribution in [0.3, 0.4) is 0 Å². The molecule has 6 rings (SSSR count). The van der Waals surface area contributed by atoms with E-state index in [2.05, 4.69) is 72.4 Å². The summed E-state index contributed by atoms with van der Waals surface area (Å²) in [5.74, 6) is -8.87. The minimum absolute atomic E-state index is 0.0238. The van der Waals surface area contributed by atoms with Crippen LogP contribution < -0.4 is 71.2 Å². The molecule has 19 atom stereocenters. The molecule has 0 unspecified atom stereocenters. The van der Waals surface area contributed by atoms with E-state index in [1.54, 1.807) is 10.8 Å². The van der Waals surface area contributed by atoms with E-state index < -0.39 is 183 Å². The number of imidazole rings is 1.